The first-order valence-electron chi connectivity index (χ1n) is 7.47. The zero-order valence-electron chi connectivity index (χ0n) is 12.8. The molecule has 0 N–H and O–H groups in total. The van der Waals surface area contributed by atoms with Gasteiger partial charge >= 0.3 is 0 Å². The minimum absolute atomic E-state index is 0.332. The van der Waals surface area contributed by atoms with Gasteiger partial charge in [0.2, 0.25) is 6.41 Å². The molecule has 1 aromatic carbocycles. The second kappa shape index (κ2) is 6.17. The molecule has 0 saturated carbocycles. The molecule has 1 aromatic rings. The van der Waals surface area contributed by atoms with E-state index in [-0.39, 0.29) is 5.82 Å². The van der Waals surface area contributed by atoms with Gasteiger partial charge in [-0.2, -0.15) is 0 Å². The molecule has 0 saturated heterocycles. The summed E-state index contributed by atoms with van der Waals surface area (Å²) in [7, 11) is 0. The van der Waals surface area contributed by atoms with Crippen molar-refractivity contribution in [3.63, 3.8) is 0 Å². The molecule has 1 aliphatic heterocycles. The minimum atomic E-state index is -0.600. The lowest BCUT2D eigenvalue weighted by Crippen LogP contribution is -2.41. The molecule has 1 aliphatic carbocycles. The molecule has 118 valence electrons. The highest BCUT2D eigenvalue weighted by atomic mass is 35.5. The predicted molar refractivity (Wildman–Crippen MR) is 91.5 cm³/mol. The van der Waals surface area contributed by atoms with Crippen LogP contribution < -0.4 is 0 Å². The number of nitrogens with zero attached hydrogens (tertiary/aromatic N) is 1. The third-order valence-electron chi connectivity index (χ3n) is 4.36. The van der Waals surface area contributed by atoms with E-state index in [9.17, 15) is 9.18 Å². The topological polar surface area (TPSA) is 20.3 Å². The molecule has 4 heteroatoms. The van der Waals surface area contributed by atoms with Gasteiger partial charge in [0, 0.05) is 17.1 Å². The first-order valence-corrected chi connectivity index (χ1v) is 7.85. The molecular formula is C19H17ClFNO. The number of carbonyl (C=O) groups is 1. The van der Waals surface area contributed by atoms with Gasteiger partial charge < -0.3 is 4.90 Å². The predicted octanol–water partition coefficient (Wildman–Crippen LogP) is 4.54. The molecule has 1 atom stereocenters. The fraction of sp³-hybridized carbons (Fsp3) is 0.211. The molecule has 3 rings (SSSR count). The summed E-state index contributed by atoms with van der Waals surface area (Å²) >= 11 is 6.00. The highest BCUT2D eigenvalue weighted by Gasteiger charge is 2.38. The van der Waals surface area contributed by atoms with E-state index in [0.29, 0.717) is 17.1 Å². The molecule has 0 fully saturated rings. The molecular weight excluding hydrogens is 313 g/mol. The summed E-state index contributed by atoms with van der Waals surface area (Å²) in [5, 5.41) is 0.477. The molecule has 0 aromatic heterocycles. The summed E-state index contributed by atoms with van der Waals surface area (Å²) in [4.78, 5) is 13.3. The van der Waals surface area contributed by atoms with Crippen molar-refractivity contribution < 1.29 is 9.18 Å². The van der Waals surface area contributed by atoms with Crippen LogP contribution >= 0.6 is 11.6 Å². The van der Waals surface area contributed by atoms with E-state index in [1.54, 1.807) is 11.0 Å². The quantitative estimate of drug-likeness (QED) is 0.746. The van der Waals surface area contributed by atoms with Gasteiger partial charge in [0.1, 0.15) is 5.82 Å². The number of benzene rings is 1. The van der Waals surface area contributed by atoms with Gasteiger partial charge in [0.15, 0.2) is 0 Å². The molecule has 1 heterocycles. The maximum absolute atomic E-state index is 14.2. The summed E-state index contributed by atoms with van der Waals surface area (Å²) in [5.74, 6) is -0.332. The highest BCUT2D eigenvalue weighted by molar-refractivity contribution is 6.30. The van der Waals surface area contributed by atoms with Gasteiger partial charge in [0.05, 0.1) is 5.54 Å². The number of halogens is 2. The number of hydrogen-bond acceptors (Lipinski definition) is 1. The maximum Gasteiger partial charge on any atom is 0.210 e. The smallest absolute Gasteiger partial charge is 0.210 e. The van der Waals surface area contributed by atoms with Crippen LogP contribution in [0.4, 0.5) is 4.39 Å². The average molecular weight is 330 g/mol. The number of allylic oxidation sites excluding steroid dienone is 4. The van der Waals surface area contributed by atoms with E-state index in [4.69, 9.17) is 11.6 Å². The second-order valence-corrected chi connectivity index (χ2v) is 6.30. The van der Waals surface area contributed by atoms with Crippen LogP contribution in [-0.4, -0.2) is 23.4 Å². The Hall–Kier alpha value is -2.13. The van der Waals surface area contributed by atoms with Gasteiger partial charge in [-0.1, -0.05) is 42.0 Å². The summed E-state index contributed by atoms with van der Waals surface area (Å²) in [6.45, 7) is 2.32. The Labute approximate surface area is 140 Å². The van der Waals surface area contributed by atoms with Gasteiger partial charge in [-0.25, -0.2) is 4.39 Å². The van der Waals surface area contributed by atoms with E-state index in [1.807, 2.05) is 37.3 Å². The van der Waals surface area contributed by atoms with Crippen molar-refractivity contribution in [2.45, 2.75) is 18.9 Å². The fourth-order valence-corrected chi connectivity index (χ4v) is 3.21. The van der Waals surface area contributed by atoms with E-state index in [1.165, 1.54) is 12.1 Å². The molecule has 0 radical (unpaired) electrons. The number of carbonyl (C=O) groups excluding carboxylic acids is 1. The van der Waals surface area contributed by atoms with Crippen LogP contribution in [0.15, 0.2) is 60.2 Å². The van der Waals surface area contributed by atoms with Gasteiger partial charge in [0.25, 0.3) is 0 Å². The van der Waals surface area contributed by atoms with Gasteiger partial charge in [-0.3, -0.25) is 4.79 Å². The SMILES string of the molecule is C[C@@]1(C2=CC=CCC=C2)C=C(c2cc(Cl)ccc2F)CN1C=O. The number of rotatable bonds is 3. The normalized spacial score (nSPS) is 23.5. The minimum Gasteiger partial charge on any atom is -0.328 e. The van der Waals surface area contributed by atoms with Crippen molar-refractivity contribution in [2.24, 2.45) is 0 Å². The van der Waals surface area contributed by atoms with Crippen molar-refractivity contribution >= 4 is 23.6 Å². The number of amides is 1. The monoisotopic (exact) mass is 329 g/mol. The zero-order chi connectivity index (χ0) is 16.4. The van der Waals surface area contributed by atoms with Crippen LogP contribution in [0.3, 0.4) is 0 Å². The molecule has 1 amide bonds. The molecule has 0 unspecified atom stereocenters. The van der Waals surface area contributed by atoms with E-state index < -0.39 is 5.54 Å². The van der Waals surface area contributed by atoms with Crippen LogP contribution in [0.5, 0.6) is 0 Å². The lowest BCUT2D eigenvalue weighted by molar-refractivity contribution is -0.119. The molecule has 0 spiro atoms. The van der Waals surface area contributed by atoms with Gasteiger partial charge in [-0.15, -0.1) is 0 Å². The Morgan fingerprint density at radius 3 is 2.96 bits per heavy atom. The number of hydrogen-bond donors (Lipinski definition) is 0. The summed E-state index contributed by atoms with van der Waals surface area (Å²) in [6.07, 6.45) is 13.7. The molecule has 2 nitrogen and oxygen atoms in total. The Morgan fingerprint density at radius 1 is 1.35 bits per heavy atom. The van der Waals surface area contributed by atoms with Crippen molar-refractivity contribution in [2.75, 3.05) is 6.54 Å². The molecule has 23 heavy (non-hydrogen) atoms. The lowest BCUT2D eigenvalue weighted by Gasteiger charge is -2.32. The first-order chi connectivity index (χ1) is 11.0. The van der Waals surface area contributed by atoms with E-state index in [0.717, 1.165) is 24.0 Å². The van der Waals surface area contributed by atoms with Crippen LogP contribution in [0.1, 0.15) is 18.9 Å². The van der Waals surface area contributed by atoms with Crippen LogP contribution in [0.2, 0.25) is 5.02 Å². The lowest BCUT2D eigenvalue weighted by atomic mass is 9.90. The fourth-order valence-electron chi connectivity index (χ4n) is 3.03. The second-order valence-electron chi connectivity index (χ2n) is 5.86. The van der Waals surface area contributed by atoms with Crippen molar-refractivity contribution in [3.05, 3.63) is 76.6 Å². The van der Waals surface area contributed by atoms with Crippen molar-refractivity contribution in [1.82, 2.24) is 4.90 Å². The standard InChI is InChI=1S/C19H17ClFNO/c1-19(15-6-4-2-3-5-7-15)11-14(12-22(19)13-23)17-10-16(20)8-9-18(17)21/h2,4-11,13H,3,12H2,1H3/t19-/m0/s1. The average Bonchev–Trinajstić information content (AvgIpc) is 2.72. The third-order valence-corrected chi connectivity index (χ3v) is 4.60. The van der Waals surface area contributed by atoms with Crippen LogP contribution in [0, 0.1) is 5.82 Å². The maximum atomic E-state index is 14.2. The first kappa shape index (κ1) is 15.8. The third kappa shape index (κ3) is 2.89. The van der Waals surface area contributed by atoms with Crippen molar-refractivity contribution in [1.29, 1.82) is 0 Å². The summed E-state index contributed by atoms with van der Waals surface area (Å²) in [6, 6.07) is 4.48. The van der Waals surface area contributed by atoms with Crippen LogP contribution in [-0.2, 0) is 4.79 Å². The Kier molecular flexibility index (Phi) is 4.22. The largest absolute Gasteiger partial charge is 0.328 e. The Morgan fingerprint density at radius 2 is 2.17 bits per heavy atom. The Balaban J connectivity index is 2.08. The highest BCUT2D eigenvalue weighted by Crippen LogP contribution is 2.38. The Bertz CT molecular complexity index is 763. The van der Waals surface area contributed by atoms with Crippen molar-refractivity contribution in [3.8, 4) is 0 Å². The molecule has 2 aliphatic rings. The van der Waals surface area contributed by atoms with E-state index >= 15 is 0 Å². The van der Waals surface area contributed by atoms with Crippen LogP contribution in [0.25, 0.3) is 5.57 Å². The zero-order valence-corrected chi connectivity index (χ0v) is 13.6. The molecule has 0 bridgehead atoms. The van der Waals surface area contributed by atoms with E-state index in [2.05, 4.69) is 6.08 Å². The summed E-state index contributed by atoms with van der Waals surface area (Å²) < 4.78 is 14.2. The van der Waals surface area contributed by atoms with Gasteiger partial charge in [-0.05, 0) is 48.8 Å². The summed E-state index contributed by atoms with van der Waals surface area (Å²) in [5.41, 5.74) is 1.61.